The number of halogens is 2. The highest BCUT2D eigenvalue weighted by molar-refractivity contribution is 5.39. The standard InChI is InChI=1S/C17H17F2NO/c18-13-6-11(7-14(19)9-13)10-21-15-4-5-16-12(8-15)2-1-3-17(16)20/h4-9,17H,1-3,10,20H2. The first-order valence-corrected chi connectivity index (χ1v) is 7.08. The van der Waals surface area contributed by atoms with E-state index in [1.54, 1.807) is 0 Å². The van der Waals surface area contributed by atoms with E-state index in [0.29, 0.717) is 11.3 Å². The molecule has 1 aliphatic rings. The molecule has 1 atom stereocenters. The number of hydrogen-bond acceptors (Lipinski definition) is 2. The van der Waals surface area contributed by atoms with E-state index in [0.717, 1.165) is 25.3 Å². The quantitative estimate of drug-likeness (QED) is 0.930. The van der Waals surface area contributed by atoms with Gasteiger partial charge in [0, 0.05) is 12.1 Å². The van der Waals surface area contributed by atoms with Crippen LogP contribution in [0, 0.1) is 11.6 Å². The average Bonchev–Trinajstić information content (AvgIpc) is 2.44. The summed E-state index contributed by atoms with van der Waals surface area (Å²) in [5, 5.41) is 0. The Morgan fingerprint density at radius 2 is 1.86 bits per heavy atom. The molecule has 21 heavy (non-hydrogen) atoms. The van der Waals surface area contributed by atoms with Gasteiger partial charge in [-0.2, -0.15) is 0 Å². The van der Waals surface area contributed by atoms with Gasteiger partial charge in [-0.25, -0.2) is 8.78 Å². The third kappa shape index (κ3) is 3.22. The van der Waals surface area contributed by atoms with E-state index in [-0.39, 0.29) is 12.6 Å². The zero-order chi connectivity index (χ0) is 14.8. The number of ether oxygens (including phenoxy) is 1. The minimum atomic E-state index is -0.593. The fraction of sp³-hybridized carbons (Fsp3) is 0.294. The predicted molar refractivity (Wildman–Crippen MR) is 77.0 cm³/mol. The van der Waals surface area contributed by atoms with Crippen molar-refractivity contribution < 1.29 is 13.5 Å². The zero-order valence-corrected chi connectivity index (χ0v) is 11.6. The number of nitrogens with two attached hydrogens (primary N) is 1. The largest absolute Gasteiger partial charge is 0.489 e. The number of benzene rings is 2. The van der Waals surface area contributed by atoms with Crippen molar-refractivity contribution in [1.82, 2.24) is 0 Å². The number of fused-ring (bicyclic) bond motifs is 1. The van der Waals surface area contributed by atoms with Crippen LogP contribution in [0.5, 0.6) is 5.75 Å². The van der Waals surface area contributed by atoms with Crippen molar-refractivity contribution in [2.24, 2.45) is 5.73 Å². The van der Waals surface area contributed by atoms with Crippen molar-refractivity contribution in [3.8, 4) is 5.75 Å². The zero-order valence-electron chi connectivity index (χ0n) is 11.6. The molecule has 0 saturated carbocycles. The topological polar surface area (TPSA) is 35.2 Å². The lowest BCUT2D eigenvalue weighted by Gasteiger charge is -2.22. The summed E-state index contributed by atoms with van der Waals surface area (Å²) in [4.78, 5) is 0. The molecule has 1 unspecified atom stereocenters. The van der Waals surface area contributed by atoms with Crippen LogP contribution in [0.2, 0.25) is 0 Å². The smallest absolute Gasteiger partial charge is 0.126 e. The Kier molecular flexibility index (Phi) is 3.88. The molecule has 0 heterocycles. The van der Waals surface area contributed by atoms with Gasteiger partial charge >= 0.3 is 0 Å². The third-order valence-electron chi connectivity index (χ3n) is 3.80. The average molecular weight is 289 g/mol. The molecule has 2 nitrogen and oxygen atoms in total. The Labute approximate surface area is 122 Å². The number of aryl methyl sites for hydroxylation is 1. The number of hydrogen-bond donors (Lipinski definition) is 1. The van der Waals surface area contributed by atoms with E-state index >= 15 is 0 Å². The Hall–Kier alpha value is -1.94. The molecule has 4 heteroatoms. The Balaban J connectivity index is 1.73. The first-order valence-electron chi connectivity index (χ1n) is 7.08. The van der Waals surface area contributed by atoms with Crippen LogP contribution in [0.3, 0.4) is 0 Å². The van der Waals surface area contributed by atoms with E-state index in [9.17, 15) is 8.78 Å². The first-order chi connectivity index (χ1) is 10.1. The van der Waals surface area contributed by atoms with E-state index in [2.05, 4.69) is 0 Å². The minimum Gasteiger partial charge on any atom is -0.489 e. The molecule has 0 bridgehead atoms. The Morgan fingerprint density at radius 1 is 1.10 bits per heavy atom. The maximum absolute atomic E-state index is 13.1. The van der Waals surface area contributed by atoms with Gasteiger partial charge in [0.25, 0.3) is 0 Å². The summed E-state index contributed by atoms with van der Waals surface area (Å²) in [7, 11) is 0. The normalized spacial score (nSPS) is 17.4. The van der Waals surface area contributed by atoms with Gasteiger partial charge in [-0.05, 0) is 60.2 Å². The molecule has 0 aromatic heterocycles. The van der Waals surface area contributed by atoms with Gasteiger partial charge in [0.2, 0.25) is 0 Å². The van der Waals surface area contributed by atoms with Gasteiger partial charge in [-0.1, -0.05) is 6.07 Å². The second-order valence-electron chi connectivity index (χ2n) is 5.43. The van der Waals surface area contributed by atoms with E-state index in [1.165, 1.54) is 23.3 Å². The van der Waals surface area contributed by atoms with Crippen molar-refractivity contribution in [1.29, 1.82) is 0 Å². The highest BCUT2D eigenvalue weighted by Gasteiger charge is 2.17. The van der Waals surface area contributed by atoms with Crippen molar-refractivity contribution in [3.05, 3.63) is 64.7 Å². The molecule has 3 rings (SSSR count). The summed E-state index contributed by atoms with van der Waals surface area (Å²) >= 11 is 0. The van der Waals surface area contributed by atoms with Crippen LogP contribution < -0.4 is 10.5 Å². The van der Waals surface area contributed by atoms with Crippen LogP contribution in [-0.4, -0.2) is 0 Å². The van der Waals surface area contributed by atoms with Crippen LogP contribution in [-0.2, 0) is 13.0 Å². The molecule has 0 radical (unpaired) electrons. The summed E-state index contributed by atoms with van der Waals surface area (Å²) in [6.45, 7) is 0.138. The van der Waals surface area contributed by atoms with Crippen molar-refractivity contribution >= 4 is 0 Å². The van der Waals surface area contributed by atoms with E-state index in [4.69, 9.17) is 10.5 Å². The molecule has 110 valence electrons. The van der Waals surface area contributed by atoms with Gasteiger partial charge in [0.15, 0.2) is 0 Å². The summed E-state index contributed by atoms with van der Waals surface area (Å²) in [6.07, 6.45) is 3.08. The maximum atomic E-state index is 13.1. The van der Waals surface area contributed by atoms with Gasteiger partial charge < -0.3 is 10.5 Å². The third-order valence-corrected chi connectivity index (χ3v) is 3.80. The maximum Gasteiger partial charge on any atom is 0.126 e. The summed E-state index contributed by atoms with van der Waals surface area (Å²) in [5.41, 5.74) is 8.92. The fourth-order valence-electron chi connectivity index (χ4n) is 2.78. The van der Waals surface area contributed by atoms with E-state index in [1.807, 2.05) is 18.2 Å². The summed E-state index contributed by atoms with van der Waals surface area (Å²) in [6, 6.07) is 9.32. The van der Waals surface area contributed by atoms with Gasteiger partial charge in [-0.3, -0.25) is 0 Å². The lowest BCUT2D eigenvalue weighted by molar-refractivity contribution is 0.304. The highest BCUT2D eigenvalue weighted by Crippen LogP contribution is 2.30. The molecule has 2 aromatic carbocycles. The summed E-state index contributed by atoms with van der Waals surface area (Å²) in [5.74, 6) is -0.484. The van der Waals surface area contributed by atoms with Gasteiger partial charge in [0.1, 0.15) is 24.0 Å². The van der Waals surface area contributed by atoms with Crippen LogP contribution in [0.4, 0.5) is 8.78 Å². The van der Waals surface area contributed by atoms with Crippen LogP contribution in [0.1, 0.15) is 35.6 Å². The Morgan fingerprint density at radius 3 is 2.62 bits per heavy atom. The summed E-state index contributed by atoms with van der Waals surface area (Å²) < 4.78 is 31.9. The predicted octanol–water partition coefficient (Wildman–Crippen LogP) is 3.88. The van der Waals surface area contributed by atoms with Crippen LogP contribution >= 0.6 is 0 Å². The molecule has 0 spiro atoms. The molecule has 1 aliphatic carbocycles. The molecular weight excluding hydrogens is 272 g/mol. The monoisotopic (exact) mass is 289 g/mol. The second kappa shape index (κ2) is 5.82. The lowest BCUT2D eigenvalue weighted by Crippen LogP contribution is -2.17. The molecule has 0 amide bonds. The molecular formula is C17H17F2NO. The first kappa shape index (κ1) is 14.0. The SMILES string of the molecule is NC1CCCc2cc(OCc3cc(F)cc(F)c3)ccc21. The highest BCUT2D eigenvalue weighted by atomic mass is 19.1. The van der Waals surface area contributed by atoms with Crippen molar-refractivity contribution in [2.75, 3.05) is 0 Å². The molecule has 0 aliphatic heterocycles. The second-order valence-corrected chi connectivity index (χ2v) is 5.43. The van der Waals surface area contributed by atoms with Crippen LogP contribution in [0.15, 0.2) is 36.4 Å². The molecule has 0 fully saturated rings. The lowest BCUT2D eigenvalue weighted by atomic mass is 9.88. The number of rotatable bonds is 3. The van der Waals surface area contributed by atoms with Gasteiger partial charge in [-0.15, -0.1) is 0 Å². The van der Waals surface area contributed by atoms with Crippen molar-refractivity contribution in [3.63, 3.8) is 0 Å². The molecule has 2 aromatic rings. The van der Waals surface area contributed by atoms with Crippen molar-refractivity contribution in [2.45, 2.75) is 31.9 Å². The van der Waals surface area contributed by atoms with Gasteiger partial charge in [0.05, 0.1) is 0 Å². The van der Waals surface area contributed by atoms with Crippen LogP contribution in [0.25, 0.3) is 0 Å². The molecule has 0 saturated heterocycles. The Bertz CT molecular complexity index is 637. The molecule has 2 N–H and O–H groups in total. The van der Waals surface area contributed by atoms with E-state index < -0.39 is 11.6 Å². The fourth-order valence-corrected chi connectivity index (χ4v) is 2.78. The minimum absolute atomic E-state index is 0.0973.